The lowest BCUT2D eigenvalue weighted by atomic mass is 10.1. The van der Waals surface area contributed by atoms with Crippen molar-refractivity contribution in [3.63, 3.8) is 0 Å². The molecule has 0 aliphatic carbocycles. The van der Waals surface area contributed by atoms with Crippen molar-refractivity contribution < 1.29 is 9.72 Å². The van der Waals surface area contributed by atoms with Gasteiger partial charge in [-0.25, -0.2) is 9.97 Å². The quantitative estimate of drug-likeness (QED) is 0.587. The van der Waals surface area contributed by atoms with Crippen molar-refractivity contribution in [1.82, 2.24) is 14.5 Å². The smallest absolute Gasteiger partial charge is 0.273 e. The third-order valence-corrected chi connectivity index (χ3v) is 3.52. The number of benzene rings is 1. The summed E-state index contributed by atoms with van der Waals surface area (Å²) in [6.07, 6.45) is 6.53. The van der Waals surface area contributed by atoms with Gasteiger partial charge in [-0.15, -0.1) is 0 Å². The topological polar surface area (TPSA) is 103 Å². The molecule has 2 aromatic heterocycles. The van der Waals surface area contributed by atoms with Crippen LogP contribution in [0.2, 0.25) is 0 Å². The van der Waals surface area contributed by atoms with Crippen molar-refractivity contribution in [2.75, 3.05) is 5.32 Å². The fraction of sp³-hybridized carbons (Fsp3) is 0.0625. The van der Waals surface area contributed by atoms with E-state index in [4.69, 9.17) is 0 Å². The Morgan fingerprint density at radius 2 is 2.12 bits per heavy atom. The van der Waals surface area contributed by atoms with Crippen LogP contribution in [0, 0.1) is 17.0 Å². The summed E-state index contributed by atoms with van der Waals surface area (Å²) in [5.74, 6) is 0.241. The Morgan fingerprint density at radius 1 is 1.29 bits per heavy atom. The summed E-state index contributed by atoms with van der Waals surface area (Å²) in [4.78, 5) is 31.0. The van der Waals surface area contributed by atoms with Gasteiger partial charge in [-0.1, -0.05) is 6.07 Å². The number of imidazole rings is 1. The van der Waals surface area contributed by atoms with E-state index in [1.54, 1.807) is 48.4 Å². The molecule has 24 heavy (non-hydrogen) atoms. The predicted molar refractivity (Wildman–Crippen MR) is 87.1 cm³/mol. The Labute approximate surface area is 136 Å². The van der Waals surface area contributed by atoms with Gasteiger partial charge in [0.25, 0.3) is 11.6 Å². The fourth-order valence-corrected chi connectivity index (χ4v) is 2.27. The van der Waals surface area contributed by atoms with Gasteiger partial charge in [0.1, 0.15) is 12.1 Å². The minimum absolute atomic E-state index is 0.0868. The van der Waals surface area contributed by atoms with Crippen LogP contribution in [0.3, 0.4) is 0 Å². The number of hydrogen-bond donors (Lipinski definition) is 1. The molecule has 0 fully saturated rings. The van der Waals surface area contributed by atoms with Gasteiger partial charge in [-0.05, 0) is 25.1 Å². The second-order valence-electron chi connectivity index (χ2n) is 5.04. The highest BCUT2D eigenvalue weighted by Crippen LogP contribution is 2.22. The summed E-state index contributed by atoms with van der Waals surface area (Å²) in [5, 5.41) is 13.7. The van der Waals surface area contributed by atoms with Crippen molar-refractivity contribution in [1.29, 1.82) is 0 Å². The maximum Gasteiger partial charge on any atom is 0.273 e. The number of amides is 1. The number of carbonyl (C=O) groups excluding carboxylic acids is 1. The molecule has 1 N–H and O–H groups in total. The van der Waals surface area contributed by atoms with E-state index in [9.17, 15) is 14.9 Å². The van der Waals surface area contributed by atoms with E-state index in [1.165, 1.54) is 18.3 Å². The molecule has 0 saturated heterocycles. The summed E-state index contributed by atoms with van der Waals surface area (Å²) in [6, 6.07) is 7.84. The van der Waals surface area contributed by atoms with Crippen LogP contribution in [0.4, 0.5) is 11.4 Å². The Kier molecular flexibility index (Phi) is 4.02. The average Bonchev–Trinajstić information content (AvgIpc) is 3.10. The van der Waals surface area contributed by atoms with Gasteiger partial charge >= 0.3 is 0 Å². The lowest BCUT2D eigenvalue weighted by Crippen LogP contribution is -2.14. The molecule has 0 unspecified atom stereocenters. The maximum absolute atomic E-state index is 12.3. The molecule has 1 amide bonds. The first-order valence-electron chi connectivity index (χ1n) is 7.06. The zero-order valence-corrected chi connectivity index (χ0v) is 12.7. The van der Waals surface area contributed by atoms with Crippen molar-refractivity contribution >= 4 is 17.3 Å². The van der Waals surface area contributed by atoms with E-state index < -0.39 is 10.8 Å². The monoisotopic (exact) mass is 323 g/mol. The first kappa shape index (κ1) is 15.3. The molecular formula is C16H13N5O3. The average molecular weight is 323 g/mol. The van der Waals surface area contributed by atoms with Crippen molar-refractivity contribution in [2.45, 2.75) is 6.92 Å². The van der Waals surface area contributed by atoms with E-state index in [0.717, 1.165) is 0 Å². The zero-order chi connectivity index (χ0) is 17.1. The van der Waals surface area contributed by atoms with E-state index in [0.29, 0.717) is 17.1 Å². The summed E-state index contributed by atoms with van der Waals surface area (Å²) in [6.45, 7) is 1.55. The van der Waals surface area contributed by atoms with Crippen LogP contribution in [-0.2, 0) is 0 Å². The Morgan fingerprint density at radius 3 is 2.75 bits per heavy atom. The van der Waals surface area contributed by atoms with Crippen LogP contribution in [-0.4, -0.2) is 25.4 Å². The number of nitro groups is 1. The predicted octanol–water partition coefficient (Wildman–Crippen LogP) is 2.74. The molecule has 8 heteroatoms. The largest absolute Gasteiger partial charge is 0.321 e. The number of nitro benzene ring substituents is 1. The second-order valence-corrected chi connectivity index (χ2v) is 5.04. The van der Waals surface area contributed by atoms with Gasteiger partial charge < -0.3 is 5.32 Å². The van der Waals surface area contributed by atoms with Gasteiger partial charge in [-0.3, -0.25) is 19.5 Å². The molecule has 0 radical (unpaired) electrons. The molecule has 0 aliphatic rings. The number of rotatable bonds is 4. The summed E-state index contributed by atoms with van der Waals surface area (Å²) < 4.78 is 1.73. The SMILES string of the molecule is Cc1c(C(=O)Nc2ccc(-n3ccnc3)nc2)cccc1[N+](=O)[O-]. The van der Waals surface area contributed by atoms with Crippen LogP contribution in [0.25, 0.3) is 5.82 Å². The van der Waals surface area contributed by atoms with Gasteiger partial charge in [0.15, 0.2) is 0 Å². The zero-order valence-electron chi connectivity index (χ0n) is 12.7. The molecule has 120 valence electrons. The molecule has 3 aromatic rings. The van der Waals surface area contributed by atoms with Gasteiger partial charge in [0, 0.05) is 29.6 Å². The first-order chi connectivity index (χ1) is 11.6. The number of anilines is 1. The number of pyridine rings is 1. The molecule has 0 aliphatic heterocycles. The minimum atomic E-state index is -0.506. The van der Waals surface area contributed by atoms with Crippen molar-refractivity contribution in [3.05, 3.63) is 76.5 Å². The highest BCUT2D eigenvalue weighted by molar-refractivity contribution is 6.05. The highest BCUT2D eigenvalue weighted by Gasteiger charge is 2.18. The fourth-order valence-electron chi connectivity index (χ4n) is 2.27. The molecule has 0 atom stereocenters. The van der Waals surface area contributed by atoms with Gasteiger partial charge in [0.2, 0.25) is 0 Å². The van der Waals surface area contributed by atoms with Crippen LogP contribution in [0.15, 0.2) is 55.2 Å². The third kappa shape index (κ3) is 2.98. The van der Waals surface area contributed by atoms with Crippen LogP contribution >= 0.6 is 0 Å². The number of nitrogens with one attached hydrogen (secondary N) is 1. The normalized spacial score (nSPS) is 10.4. The van der Waals surface area contributed by atoms with Crippen LogP contribution in [0.1, 0.15) is 15.9 Å². The highest BCUT2D eigenvalue weighted by atomic mass is 16.6. The first-order valence-corrected chi connectivity index (χ1v) is 7.06. The number of aromatic nitrogens is 3. The van der Waals surface area contributed by atoms with E-state index in [1.807, 2.05) is 0 Å². The maximum atomic E-state index is 12.3. The van der Waals surface area contributed by atoms with Crippen LogP contribution < -0.4 is 5.32 Å². The van der Waals surface area contributed by atoms with Crippen LogP contribution in [0.5, 0.6) is 0 Å². The van der Waals surface area contributed by atoms with Crippen molar-refractivity contribution in [2.24, 2.45) is 0 Å². The van der Waals surface area contributed by atoms with E-state index in [2.05, 4.69) is 15.3 Å². The summed E-state index contributed by atoms with van der Waals surface area (Å²) in [5.41, 5.74) is 0.983. The Balaban J connectivity index is 1.80. The second kappa shape index (κ2) is 6.29. The molecule has 3 rings (SSSR count). The number of hydrogen-bond acceptors (Lipinski definition) is 5. The van der Waals surface area contributed by atoms with Gasteiger partial charge in [-0.2, -0.15) is 0 Å². The molecule has 1 aromatic carbocycles. The Bertz CT molecular complexity index is 889. The van der Waals surface area contributed by atoms with E-state index in [-0.39, 0.29) is 11.3 Å². The molecule has 0 saturated carbocycles. The summed E-state index contributed by atoms with van der Waals surface area (Å²) in [7, 11) is 0. The Hall–Kier alpha value is -3.55. The lowest BCUT2D eigenvalue weighted by Gasteiger charge is -2.08. The number of carbonyl (C=O) groups is 1. The molecule has 0 spiro atoms. The molecular weight excluding hydrogens is 310 g/mol. The van der Waals surface area contributed by atoms with E-state index >= 15 is 0 Å². The third-order valence-electron chi connectivity index (χ3n) is 3.52. The standard InChI is InChI=1S/C16H13N5O3/c1-11-13(3-2-4-14(11)21(23)24)16(22)19-12-5-6-15(18-9-12)20-8-7-17-10-20/h2-10H,1H3,(H,19,22). The van der Waals surface area contributed by atoms with Crippen molar-refractivity contribution in [3.8, 4) is 5.82 Å². The minimum Gasteiger partial charge on any atom is -0.321 e. The molecule has 0 bridgehead atoms. The molecule has 2 heterocycles. The van der Waals surface area contributed by atoms with Gasteiger partial charge in [0.05, 0.1) is 16.8 Å². The lowest BCUT2D eigenvalue weighted by molar-refractivity contribution is -0.385. The summed E-state index contributed by atoms with van der Waals surface area (Å²) >= 11 is 0. The molecule has 8 nitrogen and oxygen atoms in total. The number of nitrogens with zero attached hydrogens (tertiary/aromatic N) is 4.